The fraction of sp³-hybridized carbons (Fsp3) is 0.214. The molecule has 0 radical (unpaired) electrons. The van der Waals surface area contributed by atoms with E-state index < -0.39 is 0 Å². The molecular formula is C14H12BrCl2N. The number of aromatic nitrogens is 1. The van der Waals surface area contributed by atoms with Crippen molar-refractivity contribution in [3.8, 4) is 0 Å². The van der Waals surface area contributed by atoms with Crippen molar-refractivity contribution in [3.05, 3.63) is 63.9 Å². The molecule has 0 saturated heterocycles. The molecule has 0 aliphatic carbocycles. The lowest BCUT2D eigenvalue weighted by Crippen LogP contribution is -2.04. The van der Waals surface area contributed by atoms with Crippen molar-refractivity contribution < 1.29 is 0 Å². The number of alkyl halides is 1. The van der Waals surface area contributed by atoms with Gasteiger partial charge in [0.15, 0.2) is 0 Å². The van der Waals surface area contributed by atoms with Gasteiger partial charge in [-0.15, -0.1) is 0 Å². The topological polar surface area (TPSA) is 12.9 Å². The van der Waals surface area contributed by atoms with Gasteiger partial charge in [-0.1, -0.05) is 52.1 Å². The smallest absolute Gasteiger partial charge is 0.0477 e. The summed E-state index contributed by atoms with van der Waals surface area (Å²) in [4.78, 5) is 4.50. The molecule has 0 amide bonds. The van der Waals surface area contributed by atoms with Gasteiger partial charge in [0, 0.05) is 32.7 Å². The minimum absolute atomic E-state index is 0.128. The van der Waals surface area contributed by atoms with Gasteiger partial charge >= 0.3 is 0 Å². The van der Waals surface area contributed by atoms with Crippen LogP contribution in [-0.2, 0) is 0 Å². The maximum Gasteiger partial charge on any atom is 0.0477 e. The first-order valence-electron chi connectivity index (χ1n) is 5.59. The summed E-state index contributed by atoms with van der Waals surface area (Å²) in [6, 6.07) is 11.5. The standard InChI is InChI=1S/C14H12BrCl2N/c1-9(13-4-2-3-5-18-13)14(15)10-6-11(16)8-12(17)7-10/h2-9,14H,1H3. The number of benzene rings is 1. The molecule has 1 aromatic carbocycles. The van der Waals surface area contributed by atoms with Crippen LogP contribution in [0.15, 0.2) is 42.6 Å². The summed E-state index contributed by atoms with van der Waals surface area (Å²) in [6.07, 6.45) is 1.80. The van der Waals surface area contributed by atoms with Gasteiger partial charge in [-0.25, -0.2) is 0 Å². The first-order valence-corrected chi connectivity index (χ1v) is 7.26. The van der Waals surface area contributed by atoms with E-state index >= 15 is 0 Å². The average Bonchev–Trinajstić information content (AvgIpc) is 2.37. The summed E-state index contributed by atoms with van der Waals surface area (Å²) in [6.45, 7) is 2.12. The van der Waals surface area contributed by atoms with Crippen LogP contribution < -0.4 is 0 Å². The van der Waals surface area contributed by atoms with Gasteiger partial charge in [0.25, 0.3) is 0 Å². The first-order chi connectivity index (χ1) is 8.58. The molecule has 1 nitrogen and oxygen atoms in total. The van der Waals surface area contributed by atoms with Gasteiger partial charge in [0.05, 0.1) is 0 Å². The third kappa shape index (κ3) is 3.25. The molecule has 2 atom stereocenters. The zero-order valence-electron chi connectivity index (χ0n) is 9.78. The van der Waals surface area contributed by atoms with Crippen molar-refractivity contribution in [2.75, 3.05) is 0 Å². The Morgan fingerprint density at radius 1 is 1.11 bits per heavy atom. The first kappa shape index (κ1) is 13.9. The second-order valence-electron chi connectivity index (χ2n) is 4.15. The van der Waals surface area contributed by atoms with E-state index in [0.29, 0.717) is 10.0 Å². The molecule has 1 heterocycles. The SMILES string of the molecule is CC(c1ccccn1)C(Br)c1cc(Cl)cc(Cl)c1. The van der Waals surface area contributed by atoms with E-state index in [0.717, 1.165) is 11.3 Å². The summed E-state index contributed by atoms with van der Waals surface area (Å²) in [7, 11) is 0. The van der Waals surface area contributed by atoms with Crippen LogP contribution in [0.3, 0.4) is 0 Å². The Bertz CT molecular complexity index is 510. The molecule has 0 fully saturated rings. The van der Waals surface area contributed by atoms with Crippen molar-refractivity contribution in [2.24, 2.45) is 0 Å². The molecule has 0 N–H and O–H groups in total. The summed E-state index contributed by atoms with van der Waals surface area (Å²) >= 11 is 15.7. The van der Waals surface area contributed by atoms with Crippen molar-refractivity contribution in [2.45, 2.75) is 17.7 Å². The van der Waals surface area contributed by atoms with E-state index in [2.05, 4.69) is 27.8 Å². The normalized spacial score (nSPS) is 14.2. The van der Waals surface area contributed by atoms with Crippen LogP contribution in [-0.4, -0.2) is 4.98 Å². The molecule has 0 spiro atoms. The monoisotopic (exact) mass is 343 g/mol. The van der Waals surface area contributed by atoms with Gasteiger partial charge in [-0.2, -0.15) is 0 Å². The Morgan fingerprint density at radius 3 is 2.33 bits per heavy atom. The van der Waals surface area contributed by atoms with E-state index in [1.54, 1.807) is 12.3 Å². The van der Waals surface area contributed by atoms with Crippen molar-refractivity contribution in [3.63, 3.8) is 0 Å². The molecule has 4 heteroatoms. The fourth-order valence-corrected chi connectivity index (χ4v) is 2.90. The highest BCUT2D eigenvalue weighted by Gasteiger charge is 2.19. The minimum Gasteiger partial charge on any atom is -0.261 e. The van der Waals surface area contributed by atoms with Crippen molar-refractivity contribution >= 4 is 39.1 Å². The van der Waals surface area contributed by atoms with Crippen LogP contribution in [0.4, 0.5) is 0 Å². The largest absolute Gasteiger partial charge is 0.261 e. The van der Waals surface area contributed by atoms with Gasteiger partial charge in [0.1, 0.15) is 0 Å². The number of pyridine rings is 1. The number of hydrogen-bond donors (Lipinski definition) is 0. The zero-order valence-corrected chi connectivity index (χ0v) is 12.9. The van der Waals surface area contributed by atoms with E-state index in [4.69, 9.17) is 23.2 Å². The van der Waals surface area contributed by atoms with E-state index in [9.17, 15) is 0 Å². The zero-order chi connectivity index (χ0) is 13.1. The molecule has 0 aliphatic heterocycles. The van der Waals surface area contributed by atoms with E-state index in [-0.39, 0.29) is 10.7 Å². The van der Waals surface area contributed by atoms with Gasteiger partial charge in [0.2, 0.25) is 0 Å². The summed E-state index contributed by atoms with van der Waals surface area (Å²) in [5, 5.41) is 1.30. The Morgan fingerprint density at radius 2 is 1.78 bits per heavy atom. The minimum atomic E-state index is 0.128. The van der Waals surface area contributed by atoms with Crippen molar-refractivity contribution in [1.29, 1.82) is 0 Å². The lowest BCUT2D eigenvalue weighted by molar-refractivity contribution is 0.724. The highest BCUT2D eigenvalue weighted by Crippen LogP contribution is 2.38. The Hall–Kier alpha value is -0.570. The maximum atomic E-state index is 6.02. The van der Waals surface area contributed by atoms with Crippen LogP contribution >= 0.6 is 39.1 Å². The molecule has 1 aromatic heterocycles. The second-order valence-corrected chi connectivity index (χ2v) is 6.01. The third-order valence-electron chi connectivity index (χ3n) is 2.80. The predicted octanol–water partition coefficient (Wildman–Crippen LogP) is 5.63. The third-order valence-corrected chi connectivity index (χ3v) is 4.55. The Labute approximate surface area is 125 Å². The molecule has 2 rings (SSSR count). The van der Waals surface area contributed by atoms with Gasteiger partial charge < -0.3 is 0 Å². The molecule has 2 aromatic rings. The lowest BCUT2D eigenvalue weighted by atomic mass is 9.97. The quantitative estimate of drug-likeness (QED) is 0.657. The highest BCUT2D eigenvalue weighted by atomic mass is 79.9. The molecule has 0 bridgehead atoms. The summed E-state index contributed by atoms with van der Waals surface area (Å²) < 4.78 is 0. The van der Waals surface area contributed by atoms with Crippen LogP contribution in [0.5, 0.6) is 0 Å². The summed E-state index contributed by atoms with van der Waals surface area (Å²) in [5.74, 6) is 0.237. The Kier molecular flexibility index (Phi) is 4.66. The fourth-order valence-electron chi connectivity index (χ4n) is 1.82. The number of hydrogen-bond acceptors (Lipinski definition) is 1. The predicted molar refractivity (Wildman–Crippen MR) is 80.8 cm³/mol. The maximum absolute atomic E-state index is 6.02. The Balaban J connectivity index is 2.28. The number of halogens is 3. The van der Waals surface area contributed by atoms with Crippen LogP contribution in [0.2, 0.25) is 10.0 Å². The van der Waals surface area contributed by atoms with Gasteiger partial charge in [-0.05, 0) is 35.9 Å². The molecule has 18 heavy (non-hydrogen) atoms. The summed E-state index contributed by atoms with van der Waals surface area (Å²) in [5.41, 5.74) is 2.10. The molecule has 2 unspecified atom stereocenters. The number of nitrogens with zero attached hydrogens (tertiary/aromatic N) is 1. The molecule has 0 aliphatic rings. The molecular weight excluding hydrogens is 333 g/mol. The highest BCUT2D eigenvalue weighted by molar-refractivity contribution is 9.09. The lowest BCUT2D eigenvalue weighted by Gasteiger charge is -2.18. The molecule has 0 saturated carbocycles. The van der Waals surface area contributed by atoms with Crippen LogP contribution in [0.1, 0.15) is 28.9 Å². The van der Waals surface area contributed by atoms with E-state index in [1.807, 2.05) is 30.3 Å². The number of rotatable bonds is 3. The van der Waals surface area contributed by atoms with E-state index in [1.165, 1.54) is 0 Å². The molecule has 94 valence electrons. The van der Waals surface area contributed by atoms with Gasteiger partial charge in [-0.3, -0.25) is 4.98 Å². The van der Waals surface area contributed by atoms with Crippen LogP contribution in [0.25, 0.3) is 0 Å². The van der Waals surface area contributed by atoms with Crippen molar-refractivity contribution in [1.82, 2.24) is 4.98 Å². The van der Waals surface area contributed by atoms with Crippen LogP contribution in [0, 0.1) is 0 Å². The average molecular weight is 345 g/mol. The second kappa shape index (κ2) is 6.05.